The SMILES string of the molecule is C[C@H](Oc1ccc2ccc(=O)oc2c1)C(=O)N(C)Cc1ccccc1. The summed E-state index contributed by atoms with van der Waals surface area (Å²) in [5, 5.41) is 0.798. The first-order valence-corrected chi connectivity index (χ1v) is 8.02. The van der Waals surface area contributed by atoms with Gasteiger partial charge in [-0.15, -0.1) is 0 Å². The van der Waals surface area contributed by atoms with Gasteiger partial charge in [0.2, 0.25) is 0 Å². The average Bonchev–Trinajstić information content (AvgIpc) is 2.61. The van der Waals surface area contributed by atoms with Gasteiger partial charge in [0.25, 0.3) is 5.91 Å². The Morgan fingerprint density at radius 3 is 2.60 bits per heavy atom. The van der Waals surface area contributed by atoms with Gasteiger partial charge >= 0.3 is 5.63 Å². The highest BCUT2D eigenvalue weighted by molar-refractivity contribution is 5.81. The summed E-state index contributed by atoms with van der Waals surface area (Å²) < 4.78 is 10.9. The Hall–Kier alpha value is -3.08. The Balaban J connectivity index is 1.69. The molecule has 0 saturated carbocycles. The number of rotatable bonds is 5. The van der Waals surface area contributed by atoms with Crippen LogP contribution in [0.15, 0.2) is 69.9 Å². The minimum absolute atomic E-state index is 0.126. The van der Waals surface area contributed by atoms with Crippen LogP contribution in [0.25, 0.3) is 11.0 Å². The Labute approximate surface area is 145 Å². The molecule has 1 amide bonds. The number of ether oxygens (including phenoxy) is 1. The molecule has 25 heavy (non-hydrogen) atoms. The minimum atomic E-state index is -0.651. The van der Waals surface area contributed by atoms with Crippen molar-refractivity contribution in [3.63, 3.8) is 0 Å². The van der Waals surface area contributed by atoms with Gasteiger partial charge in [-0.1, -0.05) is 30.3 Å². The molecule has 0 unspecified atom stereocenters. The molecular weight excluding hydrogens is 318 g/mol. The summed E-state index contributed by atoms with van der Waals surface area (Å²) in [6, 6.07) is 18.0. The highest BCUT2D eigenvalue weighted by Gasteiger charge is 2.19. The lowest BCUT2D eigenvalue weighted by Gasteiger charge is -2.22. The number of fused-ring (bicyclic) bond motifs is 1. The van der Waals surface area contributed by atoms with E-state index >= 15 is 0 Å². The van der Waals surface area contributed by atoms with E-state index in [2.05, 4.69) is 0 Å². The zero-order chi connectivity index (χ0) is 17.8. The summed E-state index contributed by atoms with van der Waals surface area (Å²) in [4.78, 5) is 25.4. The number of nitrogens with zero attached hydrogens (tertiary/aromatic N) is 1. The zero-order valence-corrected chi connectivity index (χ0v) is 14.1. The van der Waals surface area contributed by atoms with Crippen LogP contribution in [0.2, 0.25) is 0 Å². The second-order valence-electron chi connectivity index (χ2n) is 5.89. The van der Waals surface area contributed by atoms with Crippen molar-refractivity contribution in [3.8, 4) is 5.75 Å². The van der Waals surface area contributed by atoms with Gasteiger partial charge in [0.05, 0.1) is 0 Å². The predicted molar refractivity (Wildman–Crippen MR) is 95.5 cm³/mol. The molecule has 0 aliphatic rings. The van der Waals surface area contributed by atoms with Crippen molar-refractivity contribution in [2.45, 2.75) is 19.6 Å². The first-order valence-electron chi connectivity index (χ1n) is 8.02. The maximum atomic E-state index is 12.5. The lowest BCUT2D eigenvalue weighted by molar-refractivity contribution is -0.137. The fourth-order valence-electron chi connectivity index (χ4n) is 2.61. The largest absolute Gasteiger partial charge is 0.481 e. The van der Waals surface area contributed by atoms with Gasteiger partial charge in [-0.3, -0.25) is 4.79 Å². The molecule has 0 aliphatic carbocycles. The monoisotopic (exact) mass is 337 g/mol. The minimum Gasteiger partial charge on any atom is -0.481 e. The molecule has 1 aromatic heterocycles. The van der Waals surface area contributed by atoms with Crippen LogP contribution in [-0.2, 0) is 11.3 Å². The quantitative estimate of drug-likeness (QED) is 0.671. The summed E-state index contributed by atoms with van der Waals surface area (Å²) in [5.74, 6) is 0.356. The topological polar surface area (TPSA) is 59.8 Å². The summed E-state index contributed by atoms with van der Waals surface area (Å²) >= 11 is 0. The third-order valence-electron chi connectivity index (χ3n) is 3.89. The van der Waals surface area contributed by atoms with Crippen LogP contribution in [0.5, 0.6) is 5.75 Å². The fraction of sp³-hybridized carbons (Fsp3) is 0.200. The summed E-state index contributed by atoms with van der Waals surface area (Å²) in [6.45, 7) is 2.22. The number of hydrogen-bond donors (Lipinski definition) is 0. The van der Waals surface area contributed by atoms with Crippen molar-refractivity contribution in [1.29, 1.82) is 0 Å². The van der Waals surface area contributed by atoms with Crippen LogP contribution in [0, 0.1) is 0 Å². The van der Waals surface area contributed by atoms with E-state index in [1.807, 2.05) is 30.3 Å². The van der Waals surface area contributed by atoms with E-state index in [4.69, 9.17) is 9.15 Å². The van der Waals surface area contributed by atoms with E-state index < -0.39 is 11.7 Å². The number of hydrogen-bond acceptors (Lipinski definition) is 4. The summed E-state index contributed by atoms with van der Waals surface area (Å²) in [7, 11) is 1.74. The smallest absolute Gasteiger partial charge is 0.336 e. The van der Waals surface area contributed by atoms with Crippen molar-refractivity contribution in [2.75, 3.05) is 7.05 Å². The van der Waals surface area contributed by atoms with Gasteiger partial charge < -0.3 is 14.1 Å². The standard InChI is InChI=1S/C20H19NO4/c1-14(20(23)21(2)13-15-6-4-3-5-7-15)24-17-10-8-16-9-11-19(22)25-18(16)12-17/h3-12,14H,13H2,1-2H3/t14-/m0/s1. The van der Waals surface area contributed by atoms with Gasteiger partial charge in [-0.05, 0) is 30.7 Å². The van der Waals surface area contributed by atoms with Gasteiger partial charge in [0, 0.05) is 31.1 Å². The van der Waals surface area contributed by atoms with Crippen LogP contribution < -0.4 is 10.4 Å². The van der Waals surface area contributed by atoms with Crippen molar-refractivity contribution < 1.29 is 13.9 Å². The molecule has 1 atom stereocenters. The molecule has 0 spiro atoms. The lowest BCUT2D eigenvalue weighted by Crippen LogP contribution is -2.37. The average molecular weight is 337 g/mol. The predicted octanol–water partition coefficient (Wildman–Crippen LogP) is 3.22. The van der Waals surface area contributed by atoms with Crippen LogP contribution in [0.3, 0.4) is 0 Å². The lowest BCUT2D eigenvalue weighted by atomic mass is 10.2. The molecule has 0 fully saturated rings. The first-order chi connectivity index (χ1) is 12.0. The van der Waals surface area contributed by atoms with Crippen LogP contribution in [-0.4, -0.2) is 24.0 Å². The van der Waals surface area contributed by atoms with Crippen molar-refractivity contribution in [3.05, 3.63) is 76.6 Å². The van der Waals surface area contributed by atoms with Crippen LogP contribution >= 0.6 is 0 Å². The Morgan fingerprint density at radius 2 is 1.84 bits per heavy atom. The molecule has 3 aromatic rings. The molecule has 2 aromatic carbocycles. The van der Waals surface area contributed by atoms with Crippen LogP contribution in [0.4, 0.5) is 0 Å². The van der Waals surface area contributed by atoms with E-state index in [1.165, 1.54) is 6.07 Å². The second kappa shape index (κ2) is 7.21. The third kappa shape index (κ3) is 4.07. The molecular formula is C20H19NO4. The third-order valence-corrected chi connectivity index (χ3v) is 3.89. The number of likely N-dealkylation sites (N-methyl/N-ethyl adjacent to an activating group) is 1. The van der Waals surface area contributed by atoms with Crippen LogP contribution in [0.1, 0.15) is 12.5 Å². The maximum absolute atomic E-state index is 12.5. The second-order valence-corrected chi connectivity index (χ2v) is 5.89. The van der Waals surface area contributed by atoms with E-state index in [0.29, 0.717) is 17.9 Å². The number of amides is 1. The van der Waals surface area contributed by atoms with Gasteiger partial charge in [-0.25, -0.2) is 4.79 Å². The number of carbonyl (C=O) groups excluding carboxylic acids is 1. The van der Waals surface area contributed by atoms with Crippen molar-refractivity contribution in [1.82, 2.24) is 4.90 Å². The highest BCUT2D eigenvalue weighted by Crippen LogP contribution is 2.21. The Kier molecular flexibility index (Phi) is 4.84. The molecule has 0 saturated heterocycles. The molecule has 128 valence electrons. The molecule has 0 radical (unpaired) electrons. The Bertz CT molecular complexity index is 933. The maximum Gasteiger partial charge on any atom is 0.336 e. The highest BCUT2D eigenvalue weighted by atomic mass is 16.5. The number of benzene rings is 2. The van der Waals surface area contributed by atoms with Gasteiger partial charge in [0.15, 0.2) is 6.10 Å². The first kappa shape index (κ1) is 16.8. The normalized spacial score (nSPS) is 11.9. The fourth-order valence-corrected chi connectivity index (χ4v) is 2.61. The van der Waals surface area contributed by atoms with E-state index in [9.17, 15) is 9.59 Å². The summed E-state index contributed by atoms with van der Waals surface area (Å²) in [5.41, 5.74) is 1.07. The molecule has 5 nitrogen and oxygen atoms in total. The van der Waals surface area contributed by atoms with E-state index in [1.54, 1.807) is 43.1 Å². The van der Waals surface area contributed by atoms with Crippen molar-refractivity contribution in [2.24, 2.45) is 0 Å². The van der Waals surface area contributed by atoms with Gasteiger partial charge in [0.1, 0.15) is 11.3 Å². The molecule has 0 bridgehead atoms. The van der Waals surface area contributed by atoms with Crippen molar-refractivity contribution >= 4 is 16.9 Å². The van der Waals surface area contributed by atoms with Gasteiger partial charge in [-0.2, -0.15) is 0 Å². The van der Waals surface area contributed by atoms with E-state index in [0.717, 1.165) is 10.9 Å². The Morgan fingerprint density at radius 1 is 1.12 bits per heavy atom. The molecule has 0 N–H and O–H groups in total. The zero-order valence-electron chi connectivity index (χ0n) is 14.1. The molecule has 5 heteroatoms. The van der Waals surface area contributed by atoms with E-state index in [-0.39, 0.29) is 5.91 Å². The molecule has 0 aliphatic heterocycles. The number of carbonyl (C=O) groups is 1. The molecule has 1 heterocycles. The summed E-state index contributed by atoms with van der Waals surface area (Å²) in [6.07, 6.45) is -0.651. The molecule has 3 rings (SSSR count).